The SMILES string of the molecule is CC\C=C/C=C\C=C/C=C\CCCCCCCC(=O)OC(COC(=O)CCCCCCC/C=C\CCCCCCCCCCC)COC(=O)CCCCCCCCC\C=C/C=C\C=C/CC. The third-order valence-corrected chi connectivity index (χ3v) is 11.5. The van der Waals surface area contributed by atoms with Crippen LogP contribution in [-0.2, 0) is 28.6 Å². The molecule has 0 aliphatic rings. The highest BCUT2D eigenvalue weighted by Crippen LogP contribution is 2.15. The Hall–Kier alpha value is -3.67. The molecule has 0 N–H and O–H groups in total. The minimum atomic E-state index is -0.799. The van der Waals surface area contributed by atoms with Crippen molar-refractivity contribution >= 4 is 17.9 Å². The Morgan fingerprint density at radius 2 is 0.606 bits per heavy atom. The Morgan fingerprint density at radius 3 is 0.970 bits per heavy atom. The molecular formula is C60H100O6. The number of hydrogen-bond donors (Lipinski definition) is 0. The van der Waals surface area contributed by atoms with E-state index in [9.17, 15) is 14.4 Å². The fourth-order valence-electron chi connectivity index (χ4n) is 7.39. The van der Waals surface area contributed by atoms with Crippen LogP contribution < -0.4 is 0 Å². The van der Waals surface area contributed by atoms with Gasteiger partial charge in [-0.05, 0) is 83.5 Å². The summed E-state index contributed by atoms with van der Waals surface area (Å²) in [6.45, 7) is 6.34. The predicted octanol–water partition coefficient (Wildman–Crippen LogP) is 18.1. The molecule has 0 aliphatic carbocycles. The van der Waals surface area contributed by atoms with Crippen LogP contribution in [0.2, 0.25) is 0 Å². The average Bonchev–Trinajstić information content (AvgIpc) is 3.31. The standard InChI is InChI=1S/C60H100O6/c1-4-7-10-13-16-19-22-25-28-29-30-33-35-38-41-44-47-50-53-59(62)65-56-57(66-60(63)54-51-48-45-42-39-36-32-27-24-21-18-15-12-9-6-3)55-64-58(61)52-49-46-43-40-37-34-31-26-23-20-17-14-11-8-5-2/h8-9,11-12,14-15,17-18,20-21,23-24,27,30,32-33,57H,4-7,10,13,16,19,22,25-26,28-29,31,34-56H2,1-3H3/b11-8-,12-9-,17-14-,18-15-,23-20-,24-21-,32-27-,33-30-. The van der Waals surface area contributed by atoms with E-state index in [4.69, 9.17) is 14.2 Å². The highest BCUT2D eigenvalue weighted by atomic mass is 16.6. The van der Waals surface area contributed by atoms with Crippen molar-refractivity contribution in [2.75, 3.05) is 13.2 Å². The van der Waals surface area contributed by atoms with Crippen molar-refractivity contribution in [2.24, 2.45) is 0 Å². The van der Waals surface area contributed by atoms with E-state index in [0.717, 1.165) is 103 Å². The van der Waals surface area contributed by atoms with Crippen LogP contribution in [0.1, 0.15) is 245 Å². The zero-order valence-electron chi connectivity index (χ0n) is 42.9. The maximum absolute atomic E-state index is 12.8. The summed E-state index contributed by atoms with van der Waals surface area (Å²) in [4.78, 5) is 38.1. The second-order valence-electron chi connectivity index (χ2n) is 17.9. The topological polar surface area (TPSA) is 78.9 Å². The first-order valence-electron chi connectivity index (χ1n) is 27.3. The van der Waals surface area contributed by atoms with Gasteiger partial charge >= 0.3 is 17.9 Å². The largest absolute Gasteiger partial charge is 0.462 e. The summed E-state index contributed by atoms with van der Waals surface area (Å²) in [5.41, 5.74) is 0. The van der Waals surface area contributed by atoms with E-state index in [0.29, 0.717) is 19.3 Å². The quantitative estimate of drug-likeness (QED) is 0.0199. The first-order valence-corrected chi connectivity index (χ1v) is 27.3. The van der Waals surface area contributed by atoms with Crippen LogP contribution in [0.3, 0.4) is 0 Å². The van der Waals surface area contributed by atoms with Gasteiger partial charge in [0.1, 0.15) is 13.2 Å². The molecule has 1 unspecified atom stereocenters. The number of carbonyl (C=O) groups is 3. The van der Waals surface area contributed by atoms with Crippen LogP contribution in [0.5, 0.6) is 0 Å². The van der Waals surface area contributed by atoms with Crippen LogP contribution >= 0.6 is 0 Å². The van der Waals surface area contributed by atoms with Crippen LogP contribution in [-0.4, -0.2) is 37.2 Å². The molecule has 6 heteroatoms. The number of ether oxygens (including phenoxy) is 3. The third-order valence-electron chi connectivity index (χ3n) is 11.5. The molecule has 0 saturated heterocycles. The normalized spacial score (nSPS) is 12.8. The summed E-state index contributed by atoms with van der Waals surface area (Å²) < 4.78 is 16.8. The van der Waals surface area contributed by atoms with Gasteiger partial charge in [0.05, 0.1) is 0 Å². The second-order valence-corrected chi connectivity index (χ2v) is 17.9. The smallest absolute Gasteiger partial charge is 0.306 e. The van der Waals surface area contributed by atoms with Crippen molar-refractivity contribution < 1.29 is 28.6 Å². The molecule has 0 spiro atoms. The lowest BCUT2D eigenvalue weighted by atomic mass is 10.1. The van der Waals surface area contributed by atoms with E-state index in [2.05, 4.69) is 99.8 Å². The van der Waals surface area contributed by atoms with Gasteiger partial charge in [0.15, 0.2) is 6.10 Å². The van der Waals surface area contributed by atoms with Crippen LogP contribution in [0.25, 0.3) is 0 Å². The van der Waals surface area contributed by atoms with Gasteiger partial charge in [-0.25, -0.2) is 0 Å². The fraction of sp³-hybridized carbons (Fsp3) is 0.683. The third kappa shape index (κ3) is 51.3. The summed E-state index contributed by atoms with van der Waals surface area (Å²) in [6.07, 6.45) is 71.0. The van der Waals surface area contributed by atoms with Gasteiger partial charge in [-0.3, -0.25) is 14.4 Å². The van der Waals surface area contributed by atoms with Crippen molar-refractivity contribution in [1.82, 2.24) is 0 Å². The van der Waals surface area contributed by atoms with E-state index in [-0.39, 0.29) is 31.1 Å². The maximum Gasteiger partial charge on any atom is 0.306 e. The minimum absolute atomic E-state index is 0.0963. The molecule has 0 fully saturated rings. The number of hydrogen-bond acceptors (Lipinski definition) is 6. The van der Waals surface area contributed by atoms with Gasteiger partial charge < -0.3 is 14.2 Å². The summed E-state index contributed by atoms with van der Waals surface area (Å²) in [5, 5.41) is 0. The molecule has 66 heavy (non-hydrogen) atoms. The van der Waals surface area contributed by atoms with Crippen molar-refractivity contribution in [3.8, 4) is 0 Å². The Kier molecular flexibility index (Phi) is 50.9. The van der Waals surface area contributed by atoms with E-state index in [1.807, 2.05) is 18.2 Å². The summed E-state index contributed by atoms with van der Waals surface area (Å²) in [7, 11) is 0. The van der Waals surface area contributed by atoms with Gasteiger partial charge in [-0.15, -0.1) is 0 Å². The van der Waals surface area contributed by atoms with Crippen molar-refractivity contribution in [1.29, 1.82) is 0 Å². The molecule has 0 saturated carbocycles. The number of carbonyl (C=O) groups excluding carboxylic acids is 3. The highest BCUT2D eigenvalue weighted by molar-refractivity contribution is 5.71. The molecule has 0 heterocycles. The number of unbranched alkanes of at least 4 members (excludes halogenated alkanes) is 26. The van der Waals surface area contributed by atoms with Gasteiger partial charge in [0.2, 0.25) is 0 Å². The number of rotatable bonds is 48. The Labute approximate surface area is 407 Å². The van der Waals surface area contributed by atoms with E-state index in [1.54, 1.807) is 0 Å². The number of allylic oxidation sites excluding steroid dienone is 16. The van der Waals surface area contributed by atoms with E-state index < -0.39 is 6.10 Å². The lowest BCUT2D eigenvalue weighted by molar-refractivity contribution is -0.167. The van der Waals surface area contributed by atoms with Crippen molar-refractivity contribution in [3.05, 3.63) is 97.2 Å². The monoisotopic (exact) mass is 917 g/mol. The molecule has 0 aromatic carbocycles. The molecule has 0 aromatic rings. The molecule has 376 valence electrons. The zero-order valence-corrected chi connectivity index (χ0v) is 42.9. The van der Waals surface area contributed by atoms with Crippen LogP contribution in [0.4, 0.5) is 0 Å². The van der Waals surface area contributed by atoms with Crippen molar-refractivity contribution in [2.45, 2.75) is 252 Å². The Balaban J connectivity index is 4.44. The second kappa shape index (κ2) is 53.9. The Bertz CT molecular complexity index is 1330. The molecule has 0 amide bonds. The summed E-state index contributed by atoms with van der Waals surface area (Å²) >= 11 is 0. The van der Waals surface area contributed by atoms with Gasteiger partial charge in [-0.2, -0.15) is 0 Å². The lowest BCUT2D eigenvalue weighted by Crippen LogP contribution is -2.30. The zero-order chi connectivity index (χ0) is 47.9. The molecular weight excluding hydrogens is 817 g/mol. The lowest BCUT2D eigenvalue weighted by Gasteiger charge is -2.18. The summed E-state index contributed by atoms with van der Waals surface area (Å²) in [5.74, 6) is -0.939. The van der Waals surface area contributed by atoms with Gasteiger partial charge in [-0.1, -0.05) is 240 Å². The predicted molar refractivity (Wildman–Crippen MR) is 284 cm³/mol. The first-order chi connectivity index (χ1) is 32.5. The van der Waals surface area contributed by atoms with E-state index in [1.165, 1.54) is 103 Å². The molecule has 0 rings (SSSR count). The summed E-state index contributed by atoms with van der Waals surface area (Å²) in [6, 6.07) is 0. The molecule has 1 atom stereocenters. The minimum Gasteiger partial charge on any atom is -0.462 e. The van der Waals surface area contributed by atoms with Crippen molar-refractivity contribution in [3.63, 3.8) is 0 Å². The molecule has 0 radical (unpaired) electrons. The number of esters is 3. The molecule has 6 nitrogen and oxygen atoms in total. The average molecular weight is 917 g/mol. The molecule has 0 aliphatic heterocycles. The highest BCUT2D eigenvalue weighted by Gasteiger charge is 2.19. The molecule has 0 aromatic heterocycles. The van der Waals surface area contributed by atoms with E-state index >= 15 is 0 Å². The fourth-order valence-corrected chi connectivity index (χ4v) is 7.39. The van der Waals surface area contributed by atoms with Crippen LogP contribution in [0.15, 0.2) is 97.2 Å². The maximum atomic E-state index is 12.8. The first kappa shape index (κ1) is 62.3. The van der Waals surface area contributed by atoms with Gasteiger partial charge in [0, 0.05) is 19.3 Å². The molecule has 0 bridgehead atoms. The Morgan fingerprint density at radius 1 is 0.318 bits per heavy atom. The van der Waals surface area contributed by atoms with Gasteiger partial charge in [0.25, 0.3) is 0 Å². The van der Waals surface area contributed by atoms with Crippen LogP contribution in [0, 0.1) is 0 Å².